The zero-order valence-electron chi connectivity index (χ0n) is 19.5. The van der Waals surface area contributed by atoms with E-state index in [0.29, 0.717) is 0 Å². The highest BCUT2D eigenvalue weighted by Gasteiger charge is 2.03. The molecule has 0 amide bonds. The Labute approximate surface area is 184 Å². The SMILES string of the molecule is CCCCCCCCc1cnc(-c2ccc(OCCCCC[C@@H](C)CC)cc2)nc1. The lowest BCUT2D eigenvalue weighted by Crippen LogP contribution is -1.98. The summed E-state index contributed by atoms with van der Waals surface area (Å²) < 4.78 is 5.89. The maximum absolute atomic E-state index is 5.89. The molecule has 0 saturated heterocycles. The molecule has 1 aromatic heterocycles. The minimum Gasteiger partial charge on any atom is -0.494 e. The first-order valence-corrected chi connectivity index (χ1v) is 12.3. The topological polar surface area (TPSA) is 35.0 Å². The van der Waals surface area contributed by atoms with Crippen molar-refractivity contribution >= 4 is 0 Å². The van der Waals surface area contributed by atoms with Gasteiger partial charge in [-0.05, 0) is 55.0 Å². The number of nitrogens with zero attached hydrogens (tertiary/aromatic N) is 2. The smallest absolute Gasteiger partial charge is 0.159 e. The molecule has 1 heterocycles. The van der Waals surface area contributed by atoms with Crippen LogP contribution in [0.1, 0.15) is 97.0 Å². The Morgan fingerprint density at radius 3 is 2.17 bits per heavy atom. The molecule has 2 rings (SSSR count). The van der Waals surface area contributed by atoms with Crippen LogP contribution >= 0.6 is 0 Å². The fourth-order valence-corrected chi connectivity index (χ4v) is 3.61. The van der Waals surface area contributed by atoms with E-state index in [9.17, 15) is 0 Å². The van der Waals surface area contributed by atoms with Gasteiger partial charge in [0, 0.05) is 18.0 Å². The van der Waals surface area contributed by atoms with E-state index in [-0.39, 0.29) is 0 Å². The summed E-state index contributed by atoms with van der Waals surface area (Å²) in [6.07, 6.45) is 19.3. The van der Waals surface area contributed by atoms with Crippen LogP contribution in [-0.2, 0) is 6.42 Å². The summed E-state index contributed by atoms with van der Waals surface area (Å²) in [5.74, 6) is 2.57. The Bertz CT molecular complexity index is 666. The van der Waals surface area contributed by atoms with Gasteiger partial charge in [-0.1, -0.05) is 78.6 Å². The van der Waals surface area contributed by atoms with Gasteiger partial charge in [0.1, 0.15) is 5.75 Å². The second-order valence-electron chi connectivity index (χ2n) is 8.67. The van der Waals surface area contributed by atoms with Crippen LogP contribution in [0.4, 0.5) is 0 Å². The molecule has 0 saturated carbocycles. The van der Waals surface area contributed by atoms with E-state index in [0.717, 1.165) is 42.5 Å². The van der Waals surface area contributed by atoms with E-state index in [1.54, 1.807) is 0 Å². The lowest BCUT2D eigenvalue weighted by atomic mass is 10.0. The third-order valence-electron chi connectivity index (χ3n) is 5.94. The van der Waals surface area contributed by atoms with Gasteiger partial charge in [-0.3, -0.25) is 0 Å². The molecule has 30 heavy (non-hydrogen) atoms. The lowest BCUT2D eigenvalue weighted by Gasteiger charge is -2.09. The van der Waals surface area contributed by atoms with Crippen LogP contribution < -0.4 is 4.74 Å². The molecule has 0 N–H and O–H groups in total. The van der Waals surface area contributed by atoms with Crippen LogP contribution in [-0.4, -0.2) is 16.6 Å². The number of hydrogen-bond acceptors (Lipinski definition) is 3. The molecule has 0 radical (unpaired) electrons. The van der Waals surface area contributed by atoms with Crippen LogP contribution in [0.3, 0.4) is 0 Å². The van der Waals surface area contributed by atoms with Gasteiger partial charge in [0.05, 0.1) is 6.61 Å². The van der Waals surface area contributed by atoms with Crippen molar-refractivity contribution in [1.82, 2.24) is 9.97 Å². The molecule has 0 bridgehead atoms. The van der Waals surface area contributed by atoms with E-state index in [1.807, 2.05) is 24.5 Å². The molecule has 0 aliphatic carbocycles. The molecular formula is C27H42N2O. The minimum atomic E-state index is 0.790. The van der Waals surface area contributed by atoms with Crippen molar-refractivity contribution in [2.75, 3.05) is 6.61 Å². The minimum absolute atomic E-state index is 0.790. The van der Waals surface area contributed by atoms with Gasteiger partial charge in [-0.15, -0.1) is 0 Å². The molecule has 3 heteroatoms. The fraction of sp³-hybridized carbons (Fsp3) is 0.630. The summed E-state index contributed by atoms with van der Waals surface area (Å²) in [5, 5.41) is 0. The van der Waals surface area contributed by atoms with Gasteiger partial charge in [0.2, 0.25) is 0 Å². The molecule has 0 fully saturated rings. The summed E-state index contributed by atoms with van der Waals surface area (Å²) in [6, 6.07) is 8.17. The molecule has 0 aliphatic heterocycles. The van der Waals surface area contributed by atoms with Gasteiger partial charge in [-0.2, -0.15) is 0 Å². The van der Waals surface area contributed by atoms with E-state index >= 15 is 0 Å². The van der Waals surface area contributed by atoms with Gasteiger partial charge in [0.25, 0.3) is 0 Å². The summed E-state index contributed by atoms with van der Waals surface area (Å²) in [7, 11) is 0. The quantitative estimate of drug-likeness (QED) is 0.263. The number of aryl methyl sites for hydroxylation is 1. The van der Waals surface area contributed by atoms with Gasteiger partial charge < -0.3 is 4.74 Å². The first kappa shape index (κ1) is 24.4. The number of hydrogen-bond donors (Lipinski definition) is 0. The first-order valence-electron chi connectivity index (χ1n) is 12.3. The molecular weight excluding hydrogens is 368 g/mol. The molecule has 166 valence electrons. The first-order chi connectivity index (χ1) is 14.7. The standard InChI is InChI=1S/C27H42N2O/c1-4-6-7-8-9-12-15-24-21-28-27(29-22-24)25-16-18-26(19-17-25)30-20-13-10-11-14-23(3)5-2/h16-19,21-23H,4-15,20H2,1-3H3/t23-/m0/s1. The number of rotatable bonds is 16. The van der Waals surface area contributed by atoms with Crippen molar-refractivity contribution in [2.45, 2.75) is 97.8 Å². The summed E-state index contributed by atoms with van der Waals surface area (Å²) in [6.45, 7) is 7.66. The van der Waals surface area contributed by atoms with Crippen LogP contribution in [0.15, 0.2) is 36.7 Å². The molecule has 1 atom stereocenters. The number of benzene rings is 1. The maximum atomic E-state index is 5.89. The summed E-state index contributed by atoms with van der Waals surface area (Å²) >= 11 is 0. The van der Waals surface area contributed by atoms with Crippen LogP contribution in [0, 0.1) is 5.92 Å². The Morgan fingerprint density at radius 2 is 1.47 bits per heavy atom. The highest BCUT2D eigenvalue weighted by Crippen LogP contribution is 2.20. The van der Waals surface area contributed by atoms with Crippen molar-refractivity contribution in [3.8, 4) is 17.1 Å². The maximum Gasteiger partial charge on any atom is 0.159 e. The third-order valence-corrected chi connectivity index (χ3v) is 5.94. The number of unbranched alkanes of at least 4 members (excludes halogenated alkanes) is 7. The molecule has 1 aromatic carbocycles. The number of ether oxygens (including phenoxy) is 1. The molecule has 3 nitrogen and oxygen atoms in total. The second kappa shape index (κ2) is 15.0. The Kier molecular flexibility index (Phi) is 12.2. The van der Waals surface area contributed by atoms with Crippen molar-refractivity contribution in [3.63, 3.8) is 0 Å². The van der Waals surface area contributed by atoms with Crippen molar-refractivity contribution in [2.24, 2.45) is 5.92 Å². The van der Waals surface area contributed by atoms with Crippen molar-refractivity contribution in [1.29, 1.82) is 0 Å². The van der Waals surface area contributed by atoms with Crippen molar-refractivity contribution < 1.29 is 4.74 Å². The highest BCUT2D eigenvalue weighted by molar-refractivity contribution is 5.55. The number of aromatic nitrogens is 2. The predicted molar refractivity (Wildman–Crippen MR) is 128 cm³/mol. The predicted octanol–water partition coefficient (Wildman–Crippen LogP) is 8.03. The van der Waals surface area contributed by atoms with E-state index < -0.39 is 0 Å². The van der Waals surface area contributed by atoms with Crippen LogP contribution in [0.25, 0.3) is 11.4 Å². The normalized spacial score (nSPS) is 12.1. The Hall–Kier alpha value is -1.90. The van der Waals surface area contributed by atoms with E-state index in [4.69, 9.17) is 4.74 Å². The summed E-state index contributed by atoms with van der Waals surface area (Å²) in [4.78, 5) is 9.14. The van der Waals surface area contributed by atoms with Gasteiger partial charge >= 0.3 is 0 Å². The largest absolute Gasteiger partial charge is 0.494 e. The van der Waals surface area contributed by atoms with E-state index in [1.165, 1.54) is 69.8 Å². The van der Waals surface area contributed by atoms with Crippen molar-refractivity contribution in [3.05, 3.63) is 42.2 Å². The van der Waals surface area contributed by atoms with Gasteiger partial charge in [-0.25, -0.2) is 9.97 Å². The average Bonchev–Trinajstić information content (AvgIpc) is 2.79. The lowest BCUT2D eigenvalue weighted by molar-refractivity contribution is 0.302. The van der Waals surface area contributed by atoms with Crippen LogP contribution in [0.2, 0.25) is 0 Å². The molecule has 2 aromatic rings. The Morgan fingerprint density at radius 1 is 0.800 bits per heavy atom. The zero-order valence-corrected chi connectivity index (χ0v) is 19.5. The zero-order chi connectivity index (χ0) is 21.4. The van der Waals surface area contributed by atoms with Gasteiger partial charge in [0.15, 0.2) is 5.82 Å². The fourth-order valence-electron chi connectivity index (χ4n) is 3.61. The molecule has 0 aliphatic rings. The highest BCUT2D eigenvalue weighted by atomic mass is 16.5. The summed E-state index contributed by atoms with van der Waals surface area (Å²) in [5.41, 5.74) is 2.28. The average molecular weight is 411 g/mol. The third kappa shape index (κ3) is 9.73. The Balaban J connectivity index is 1.67. The monoisotopic (exact) mass is 410 g/mol. The van der Waals surface area contributed by atoms with E-state index in [2.05, 4.69) is 42.9 Å². The van der Waals surface area contributed by atoms with Crippen LogP contribution in [0.5, 0.6) is 5.75 Å². The molecule has 0 spiro atoms. The second-order valence-corrected chi connectivity index (χ2v) is 8.67. The molecule has 0 unspecified atom stereocenters.